The van der Waals surface area contributed by atoms with Crippen molar-refractivity contribution < 1.29 is 9.53 Å². The third-order valence-corrected chi connectivity index (χ3v) is 4.75. The minimum Gasteiger partial charge on any atom is -0.379 e. The topological polar surface area (TPSA) is 44.8 Å². The fourth-order valence-electron chi connectivity index (χ4n) is 3.50. The number of likely N-dealkylation sites (tertiary alicyclic amines) is 1. The predicted molar refractivity (Wildman–Crippen MR) is 89.0 cm³/mol. The summed E-state index contributed by atoms with van der Waals surface area (Å²) in [6.45, 7) is 13.3. The molecule has 2 aliphatic heterocycles. The van der Waals surface area contributed by atoms with E-state index in [9.17, 15) is 4.79 Å². The Labute approximate surface area is 135 Å². The summed E-state index contributed by atoms with van der Waals surface area (Å²) < 4.78 is 5.38. The van der Waals surface area contributed by atoms with E-state index in [0.717, 1.165) is 39.3 Å². The molecule has 0 aliphatic carbocycles. The molecule has 0 saturated carbocycles. The summed E-state index contributed by atoms with van der Waals surface area (Å²) in [6.07, 6.45) is 4.20. The number of amides is 1. The molecule has 2 saturated heterocycles. The van der Waals surface area contributed by atoms with E-state index < -0.39 is 0 Å². The first kappa shape index (κ1) is 17.7. The van der Waals surface area contributed by atoms with Gasteiger partial charge in [0.2, 0.25) is 5.91 Å². The lowest BCUT2D eigenvalue weighted by Crippen LogP contribution is -2.53. The third-order valence-electron chi connectivity index (χ3n) is 4.75. The van der Waals surface area contributed by atoms with Crippen LogP contribution in [0.3, 0.4) is 0 Å². The molecular formula is C17H33N3O2. The maximum absolute atomic E-state index is 12.2. The van der Waals surface area contributed by atoms with Gasteiger partial charge in [-0.25, -0.2) is 0 Å². The standard InChI is InChI=1S/C17H33N3O2/c1-15(20-8-4-5-9-20)6-7-16(21)18-17(2,3)14-19-10-12-22-13-11-19/h15H,4-14H2,1-3H3,(H,18,21). The van der Waals surface area contributed by atoms with Gasteiger partial charge >= 0.3 is 0 Å². The number of hydrogen-bond acceptors (Lipinski definition) is 4. The SMILES string of the molecule is CC(CCC(=O)NC(C)(C)CN1CCOCC1)N1CCCC1. The molecule has 2 aliphatic rings. The minimum atomic E-state index is -0.175. The lowest BCUT2D eigenvalue weighted by atomic mass is 10.0. The molecule has 1 unspecified atom stereocenters. The van der Waals surface area contributed by atoms with Crippen LogP contribution in [-0.4, -0.2) is 73.2 Å². The molecule has 2 rings (SSSR count). The van der Waals surface area contributed by atoms with Crippen LogP contribution in [0.1, 0.15) is 46.5 Å². The Kier molecular flexibility index (Phi) is 6.66. The number of ether oxygens (including phenoxy) is 1. The van der Waals surface area contributed by atoms with Crippen LogP contribution in [0.5, 0.6) is 0 Å². The number of nitrogens with one attached hydrogen (secondary N) is 1. The fourth-order valence-corrected chi connectivity index (χ4v) is 3.50. The highest BCUT2D eigenvalue weighted by Crippen LogP contribution is 2.15. The maximum atomic E-state index is 12.2. The lowest BCUT2D eigenvalue weighted by molar-refractivity contribution is -0.123. The highest BCUT2D eigenvalue weighted by atomic mass is 16.5. The summed E-state index contributed by atoms with van der Waals surface area (Å²) in [7, 11) is 0. The summed E-state index contributed by atoms with van der Waals surface area (Å²) in [5, 5.41) is 3.21. The lowest BCUT2D eigenvalue weighted by Gasteiger charge is -2.35. The van der Waals surface area contributed by atoms with Crippen molar-refractivity contribution in [3.05, 3.63) is 0 Å². The quantitative estimate of drug-likeness (QED) is 0.773. The average molecular weight is 311 g/mol. The second-order valence-corrected chi connectivity index (χ2v) is 7.45. The van der Waals surface area contributed by atoms with Crippen LogP contribution in [0.4, 0.5) is 0 Å². The van der Waals surface area contributed by atoms with Crippen LogP contribution < -0.4 is 5.32 Å². The van der Waals surface area contributed by atoms with Crippen molar-refractivity contribution in [2.24, 2.45) is 0 Å². The summed E-state index contributed by atoms with van der Waals surface area (Å²) in [4.78, 5) is 17.1. The molecule has 0 bridgehead atoms. The fraction of sp³-hybridized carbons (Fsp3) is 0.941. The van der Waals surface area contributed by atoms with E-state index >= 15 is 0 Å². The Morgan fingerprint density at radius 1 is 1.18 bits per heavy atom. The first-order valence-corrected chi connectivity index (χ1v) is 8.81. The van der Waals surface area contributed by atoms with Crippen molar-refractivity contribution in [1.82, 2.24) is 15.1 Å². The zero-order valence-corrected chi connectivity index (χ0v) is 14.6. The van der Waals surface area contributed by atoms with Gasteiger partial charge in [0.15, 0.2) is 0 Å². The number of morpholine rings is 1. The van der Waals surface area contributed by atoms with Gasteiger partial charge in [-0.1, -0.05) is 0 Å². The monoisotopic (exact) mass is 311 g/mol. The van der Waals surface area contributed by atoms with Crippen LogP contribution in [0, 0.1) is 0 Å². The molecule has 1 atom stereocenters. The van der Waals surface area contributed by atoms with Gasteiger partial charge in [-0.2, -0.15) is 0 Å². The van der Waals surface area contributed by atoms with Crippen molar-refractivity contribution >= 4 is 5.91 Å². The Bertz CT molecular complexity index is 348. The summed E-state index contributed by atoms with van der Waals surface area (Å²) in [6, 6.07) is 0.524. The molecule has 0 radical (unpaired) electrons. The van der Waals surface area contributed by atoms with E-state index in [-0.39, 0.29) is 11.4 Å². The van der Waals surface area contributed by atoms with Gasteiger partial charge in [-0.15, -0.1) is 0 Å². The molecule has 1 amide bonds. The van der Waals surface area contributed by atoms with E-state index in [0.29, 0.717) is 12.5 Å². The van der Waals surface area contributed by atoms with E-state index in [2.05, 4.69) is 35.9 Å². The van der Waals surface area contributed by atoms with Crippen LogP contribution >= 0.6 is 0 Å². The summed E-state index contributed by atoms with van der Waals surface area (Å²) in [5.74, 6) is 0.185. The molecule has 5 nitrogen and oxygen atoms in total. The summed E-state index contributed by atoms with van der Waals surface area (Å²) in [5.41, 5.74) is -0.175. The van der Waals surface area contributed by atoms with Gasteiger partial charge in [0, 0.05) is 37.6 Å². The third kappa shape index (κ3) is 5.86. The van der Waals surface area contributed by atoms with Gasteiger partial charge in [0.05, 0.1) is 13.2 Å². The molecule has 0 spiro atoms. The summed E-state index contributed by atoms with van der Waals surface area (Å²) >= 11 is 0. The molecule has 2 heterocycles. The van der Waals surface area contributed by atoms with Crippen molar-refractivity contribution in [1.29, 1.82) is 0 Å². The number of nitrogens with zero attached hydrogens (tertiary/aromatic N) is 2. The number of carbonyl (C=O) groups is 1. The van der Waals surface area contributed by atoms with Crippen molar-refractivity contribution in [3.63, 3.8) is 0 Å². The predicted octanol–water partition coefficient (Wildman–Crippen LogP) is 1.48. The number of carbonyl (C=O) groups excluding carboxylic acids is 1. The minimum absolute atomic E-state index is 0.175. The zero-order chi connectivity index (χ0) is 16.0. The molecule has 22 heavy (non-hydrogen) atoms. The van der Waals surface area contributed by atoms with E-state index in [1.165, 1.54) is 25.9 Å². The average Bonchev–Trinajstić information content (AvgIpc) is 2.99. The van der Waals surface area contributed by atoms with Gasteiger partial charge in [0.25, 0.3) is 0 Å². The molecule has 1 N–H and O–H groups in total. The molecule has 0 aromatic rings. The van der Waals surface area contributed by atoms with Crippen molar-refractivity contribution in [2.45, 2.75) is 58.0 Å². The van der Waals surface area contributed by atoms with E-state index in [1.54, 1.807) is 0 Å². The van der Waals surface area contributed by atoms with Crippen LogP contribution in [0.15, 0.2) is 0 Å². The molecule has 128 valence electrons. The molecule has 5 heteroatoms. The molecule has 2 fully saturated rings. The first-order valence-electron chi connectivity index (χ1n) is 8.81. The van der Waals surface area contributed by atoms with Crippen LogP contribution in [0.25, 0.3) is 0 Å². The van der Waals surface area contributed by atoms with Crippen LogP contribution in [0.2, 0.25) is 0 Å². The van der Waals surface area contributed by atoms with Gasteiger partial charge in [0.1, 0.15) is 0 Å². The largest absolute Gasteiger partial charge is 0.379 e. The molecule has 0 aromatic heterocycles. The Morgan fingerprint density at radius 2 is 1.82 bits per heavy atom. The van der Waals surface area contributed by atoms with E-state index in [4.69, 9.17) is 4.74 Å². The zero-order valence-electron chi connectivity index (χ0n) is 14.6. The number of rotatable bonds is 7. The maximum Gasteiger partial charge on any atom is 0.220 e. The number of hydrogen-bond donors (Lipinski definition) is 1. The van der Waals surface area contributed by atoms with Gasteiger partial charge in [-0.3, -0.25) is 9.69 Å². The second kappa shape index (κ2) is 8.27. The second-order valence-electron chi connectivity index (χ2n) is 7.45. The first-order chi connectivity index (χ1) is 10.5. The van der Waals surface area contributed by atoms with Gasteiger partial charge in [-0.05, 0) is 53.1 Å². The molecule has 0 aromatic carbocycles. The van der Waals surface area contributed by atoms with Gasteiger partial charge < -0.3 is 15.0 Å². The Hall–Kier alpha value is -0.650. The highest BCUT2D eigenvalue weighted by Gasteiger charge is 2.25. The van der Waals surface area contributed by atoms with E-state index in [1.807, 2.05) is 0 Å². The molecular weight excluding hydrogens is 278 g/mol. The van der Waals surface area contributed by atoms with Crippen molar-refractivity contribution in [2.75, 3.05) is 45.9 Å². The normalized spacial score (nSPS) is 22.7. The van der Waals surface area contributed by atoms with Crippen LogP contribution in [-0.2, 0) is 9.53 Å². The van der Waals surface area contributed by atoms with Crippen molar-refractivity contribution in [3.8, 4) is 0 Å². The Balaban J connectivity index is 1.67. The smallest absolute Gasteiger partial charge is 0.220 e. The highest BCUT2D eigenvalue weighted by molar-refractivity contribution is 5.76. The Morgan fingerprint density at radius 3 is 2.45 bits per heavy atom.